The van der Waals surface area contributed by atoms with E-state index in [1.165, 1.54) is 16.9 Å². The molecule has 25 heavy (non-hydrogen) atoms. The highest BCUT2D eigenvalue weighted by atomic mass is 35.5. The van der Waals surface area contributed by atoms with Gasteiger partial charge in [-0.25, -0.2) is 0 Å². The number of hydrogen-bond acceptors (Lipinski definition) is 4. The van der Waals surface area contributed by atoms with E-state index in [0.29, 0.717) is 5.02 Å². The van der Waals surface area contributed by atoms with Crippen molar-refractivity contribution < 1.29 is 0 Å². The summed E-state index contributed by atoms with van der Waals surface area (Å²) in [6.45, 7) is 6.61. The van der Waals surface area contributed by atoms with Crippen molar-refractivity contribution in [2.75, 3.05) is 0 Å². The van der Waals surface area contributed by atoms with Crippen molar-refractivity contribution in [3.63, 3.8) is 0 Å². The van der Waals surface area contributed by atoms with Gasteiger partial charge in [-0.2, -0.15) is 9.61 Å². The largest absolute Gasteiger partial charge is 0.235 e. The standard InChI is InChI=1S/C19H17ClN4S/c1-19(2,3)13-10-8-12(9-11-13)16-21-22-18-24(16)23-17(25-18)14-6-4-5-7-15(14)20/h4-11H,1-3H3. The number of fused-ring (bicyclic) bond motifs is 1. The lowest BCUT2D eigenvalue weighted by Gasteiger charge is -2.18. The zero-order chi connectivity index (χ0) is 17.6. The van der Waals surface area contributed by atoms with Gasteiger partial charge in [-0.05, 0) is 17.0 Å². The first-order valence-corrected chi connectivity index (χ1v) is 9.21. The number of halogens is 1. The maximum Gasteiger partial charge on any atom is 0.235 e. The van der Waals surface area contributed by atoms with E-state index in [4.69, 9.17) is 11.6 Å². The van der Waals surface area contributed by atoms with E-state index in [0.717, 1.165) is 26.9 Å². The van der Waals surface area contributed by atoms with Crippen LogP contribution in [0, 0.1) is 0 Å². The molecule has 4 rings (SSSR count). The smallest absolute Gasteiger partial charge is 0.182 e. The van der Waals surface area contributed by atoms with Crippen molar-refractivity contribution in [3.05, 3.63) is 59.1 Å². The molecule has 0 amide bonds. The Morgan fingerprint density at radius 2 is 1.68 bits per heavy atom. The molecule has 0 fully saturated rings. The predicted molar refractivity (Wildman–Crippen MR) is 103 cm³/mol. The number of benzene rings is 2. The van der Waals surface area contributed by atoms with Crippen molar-refractivity contribution in [2.45, 2.75) is 26.2 Å². The first-order valence-electron chi connectivity index (χ1n) is 8.01. The third-order valence-corrected chi connectivity index (χ3v) is 5.37. The van der Waals surface area contributed by atoms with Crippen LogP contribution in [0.15, 0.2) is 48.5 Å². The van der Waals surface area contributed by atoms with E-state index in [-0.39, 0.29) is 5.41 Å². The van der Waals surface area contributed by atoms with Crippen LogP contribution in [-0.4, -0.2) is 19.8 Å². The van der Waals surface area contributed by atoms with Crippen LogP contribution in [-0.2, 0) is 5.41 Å². The summed E-state index contributed by atoms with van der Waals surface area (Å²) in [4.78, 5) is 0.754. The Bertz CT molecular complexity index is 1040. The van der Waals surface area contributed by atoms with Crippen LogP contribution >= 0.6 is 22.9 Å². The second-order valence-corrected chi connectivity index (χ2v) is 8.30. The van der Waals surface area contributed by atoms with Gasteiger partial charge in [0, 0.05) is 11.1 Å². The van der Waals surface area contributed by atoms with Crippen molar-refractivity contribution >= 4 is 27.9 Å². The second kappa shape index (κ2) is 5.93. The minimum atomic E-state index is 0.122. The fraction of sp³-hybridized carbons (Fsp3) is 0.211. The topological polar surface area (TPSA) is 43.1 Å². The van der Waals surface area contributed by atoms with Gasteiger partial charge in [-0.15, -0.1) is 10.2 Å². The summed E-state index contributed by atoms with van der Waals surface area (Å²) in [6, 6.07) is 16.1. The molecular weight excluding hydrogens is 352 g/mol. The Kier molecular flexibility index (Phi) is 3.85. The van der Waals surface area contributed by atoms with Gasteiger partial charge in [-0.1, -0.05) is 86.2 Å². The van der Waals surface area contributed by atoms with E-state index in [2.05, 4.69) is 60.3 Å². The Morgan fingerprint density at radius 1 is 0.960 bits per heavy atom. The molecule has 4 nitrogen and oxygen atoms in total. The molecule has 0 aliphatic rings. The van der Waals surface area contributed by atoms with Gasteiger partial charge in [0.25, 0.3) is 0 Å². The summed E-state index contributed by atoms with van der Waals surface area (Å²) in [5.41, 5.74) is 3.31. The first-order chi connectivity index (χ1) is 11.9. The third-order valence-electron chi connectivity index (χ3n) is 4.10. The van der Waals surface area contributed by atoms with Crippen LogP contribution in [0.25, 0.3) is 26.9 Å². The van der Waals surface area contributed by atoms with Crippen LogP contribution < -0.4 is 0 Å². The van der Waals surface area contributed by atoms with Gasteiger partial charge in [0.05, 0.1) is 5.02 Å². The number of hydrogen-bond donors (Lipinski definition) is 0. The van der Waals surface area contributed by atoms with Gasteiger partial charge < -0.3 is 0 Å². The predicted octanol–water partition coefficient (Wildman–Crippen LogP) is 5.47. The highest BCUT2D eigenvalue weighted by molar-refractivity contribution is 7.19. The minimum absolute atomic E-state index is 0.122. The van der Waals surface area contributed by atoms with Crippen molar-refractivity contribution in [3.8, 4) is 22.0 Å². The van der Waals surface area contributed by atoms with E-state index in [1.54, 1.807) is 4.52 Å². The fourth-order valence-electron chi connectivity index (χ4n) is 2.66. The molecule has 0 aliphatic carbocycles. The van der Waals surface area contributed by atoms with E-state index in [9.17, 15) is 0 Å². The molecule has 2 aromatic carbocycles. The molecule has 0 aliphatic heterocycles. The highest BCUT2D eigenvalue weighted by Crippen LogP contribution is 2.32. The summed E-state index contributed by atoms with van der Waals surface area (Å²) in [5, 5.41) is 14.8. The number of aromatic nitrogens is 4. The molecule has 0 spiro atoms. The van der Waals surface area contributed by atoms with Gasteiger partial charge in [0.15, 0.2) is 5.82 Å². The normalized spacial score (nSPS) is 12.0. The summed E-state index contributed by atoms with van der Waals surface area (Å²) in [7, 11) is 0. The van der Waals surface area contributed by atoms with Crippen LogP contribution in [0.5, 0.6) is 0 Å². The molecule has 0 saturated heterocycles. The van der Waals surface area contributed by atoms with Crippen LogP contribution in [0.4, 0.5) is 0 Å². The lowest BCUT2D eigenvalue weighted by molar-refractivity contribution is 0.590. The summed E-state index contributed by atoms with van der Waals surface area (Å²) < 4.78 is 1.79. The average Bonchev–Trinajstić information content (AvgIpc) is 3.15. The maximum absolute atomic E-state index is 6.29. The summed E-state index contributed by atoms with van der Waals surface area (Å²) in [6.07, 6.45) is 0. The minimum Gasteiger partial charge on any atom is -0.182 e. The molecule has 2 aromatic heterocycles. The van der Waals surface area contributed by atoms with Gasteiger partial charge >= 0.3 is 0 Å². The molecule has 0 radical (unpaired) electrons. The first kappa shape index (κ1) is 16.2. The lowest BCUT2D eigenvalue weighted by Crippen LogP contribution is -2.10. The van der Waals surface area contributed by atoms with Crippen molar-refractivity contribution in [1.29, 1.82) is 0 Å². The molecule has 4 aromatic rings. The zero-order valence-electron chi connectivity index (χ0n) is 14.2. The highest BCUT2D eigenvalue weighted by Gasteiger charge is 2.17. The zero-order valence-corrected chi connectivity index (χ0v) is 15.8. The van der Waals surface area contributed by atoms with E-state index < -0.39 is 0 Å². The average molecular weight is 369 g/mol. The molecule has 0 bridgehead atoms. The fourth-order valence-corrected chi connectivity index (χ4v) is 3.82. The lowest BCUT2D eigenvalue weighted by atomic mass is 9.87. The number of rotatable bonds is 2. The van der Waals surface area contributed by atoms with Crippen LogP contribution in [0.2, 0.25) is 5.02 Å². The molecular formula is C19H17ClN4S. The number of nitrogens with zero attached hydrogens (tertiary/aromatic N) is 4. The third kappa shape index (κ3) is 2.94. The van der Waals surface area contributed by atoms with Crippen molar-refractivity contribution in [2.24, 2.45) is 0 Å². The Labute approximate surface area is 155 Å². The second-order valence-electron chi connectivity index (χ2n) is 6.93. The van der Waals surface area contributed by atoms with E-state index in [1.807, 2.05) is 24.3 Å². The summed E-state index contributed by atoms with van der Waals surface area (Å²) >= 11 is 7.77. The Morgan fingerprint density at radius 3 is 2.36 bits per heavy atom. The molecule has 0 saturated carbocycles. The maximum atomic E-state index is 6.29. The van der Waals surface area contributed by atoms with Crippen molar-refractivity contribution in [1.82, 2.24) is 19.8 Å². The van der Waals surface area contributed by atoms with Crippen LogP contribution in [0.1, 0.15) is 26.3 Å². The Hall–Kier alpha value is -2.24. The van der Waals surface area contributed by atoms with Crippen LogP contribution in [0.3, 0.4) is 0 Å². The monoisotopic (exact) mass is 368 g/mol. The molecule has 6 heteroatoms. The van der Waals surface area contributed by atoms with Gasteiger partial charge in [-0.3, -0.25) is 0 Å². The SMILES string of the molecule is CC(C)(C)c1ccc(-c2nnc3sc(-c4ccccc4Cl)nn23)cc1. The molecule has 2 heterocycles. The molecule has 0 atom stereocenters. The molecule has 126 valence electrons. The van der Waals surface area contributed by atoms with Gasteiger partial charge in [0.2, 0.25) is 4.96 Å². The quantitative estimate of drug-likeness (QED) is 0.471. The molecule has 0 N–H and O–H groups in total. The Balaban J connectivity index is 1.78. The van der Waals surface area contributed by atoms with E-state index >= 15 is 0 Å². The summed E-state index contributed by atoms with van der Waals surface area (Å²) in [5.74, 6) is 0.741. The van der Waals surface area contributed by atoms with Gasteiger partial charge in [0.1, 0.15) is 5.01 Å². The molecule has 0 unspecified atom stereocenters.